The predicted octanol–water partition coefficient (Wildman–Crippen LogP) is 1.59. The molecule has 22 heavy (non-hydrogen) atoms. The average Bonchev–Trinajstić information content (AvgIpc) is 2.75. The minimum absolute atomic E-state index is 0.0535. The fourth-order valence-electron chi connectivity index (χ4n) is 2.00. The topological polar surface area (TPSA) is 73.3 Å². The third-order valence-electron chi connectivity index (χ3n) is 3.10. The number of carboxylic acids is 1. The van der Waals surface area contributed by atoms with Crippen LogP contribution in [0.1, 0.15) is 31.4 Å². The Morgan fingerprint density at radius 1 is 1.36 bits per heavy atom. The van der Waals surface area contributed by atoms with Gasteiger partial charge in [0.1, 0.15) is 4.32 Å². The van der Waals surface area contributed by atoms with Gasteiger partial charge < -0.3 is 9.90 Å². The Kier molecular flexibility index (Phi) is 6.09. The van der Waals surface area contributed by atoms with E-state index in [1.165, 1.54) is 11.8 Å². The lowest BCUT2D eigenvalue weighted by Crippen LogP contribution is -2.29. The first-order chi connectivity index (χ1) is 10.6. The van der Waals surface area contributed by atoms with E-state index in [0.717, 1.165) is 18.5 Å². The first-order valence-electron chi connectivity index (χ1n) is 6.94. The van der Waals surface area contributed by atoms with E-state index in [4.69, 9.17) is 12.2 Å². The number of hydrogen-bond donors (Lipinski definition) is 0. The third-order valence-corrected chi connectivity index (χ3v) is 4.48. The summed E-state index contributed by atoms with van der Waals surface area (Å²) in [4.78, 5) is 28.9. The zero-order chi connectivity index (χ0) is 15.9. The summed E-state index contributed by atoms with van der Waals surface area (Å²) < 4.78 is 0.534. The van der Waals surface area contributed by atoms with Crippen LogP contribution in [0.2, 0.25) is 0 Å². The van der Waals surface area contributed by atoms with E-state index >= 15 is 0 Å². The molecule has 1 aliphatic rings. The quantitative estimate of drug-likeness (QED) is 0.428. The minimum Gasteiger partial charge on any atom is -0.550 e. The molecule has 1 saturated heterocycles. The minimum atomic E-state index is -1.04. The average molecular weight is 335 g/mol. The van der Waals surface area contributed by atoms with Crippen LogP contribution in [0.4, 0.5) is 0 Å². The van der Waals surface area contributed by atoms with Gasteiger partial charge in [-0.2, -0.15) is 0 Å². The van der Waals surface area contributed by atoms with Gasteiger partial charge in [0, 0.05) is 18.7 Å². The summed E-state index contributed by atoms with van der Waals surface area (Å²) in [5.74, 6) is -1.15. The first-order valence-corrected chi connectivity index (χ1v) is 8.16. The van der Waals surface area contributed by atoms with Crippen molar-refractivity contribution in [3.8, 4) is 0 Å². The number of thiocarbonyl (C=S) groups is 1. The van der Waals surface area contributed by atoms with E-state index < -0.39 is 5.97 Å². The van der Waals surface area contributed by atoms with Crippen LogP contribution in [0.15, 0.2) is 29.3 Å². The second kappa shape index (κ2) is 8.05. The van der Waals surface area contributed by atoms with Gasteiger partial charge >= 0.3 is 0 Å². The van der Waals surface area contributed by atoms with Crippen LogP contribution in [-0.4, -0.2) is 32.6 Å². The van der Waals surface area contributed by atoms with Crippen molar-refractivity contribution < 1.29 is 14.7 Å². The Balaban J connectivity index is 1.89. The van der Waals surface area contributed by atoms with E-state index in [9.17, 15) is 14.7 Å². The van der Waals surface area contributed by atoms with Crippen LogP contribution in [0.3, 0.4) is 0 Å². The SMILES string of the molecule is O=C([O-])CCCCCN1C(=O)C(=Cc2ccccn2)SC1=S. The summed E-state index contributed by atoms with van der Waals surface area (Å²) in [5, 5.41) is 10.3. The normalized spacial score (nSPS) is 16.5. The van der Waals surface area contributed by atoms with Crippen molar-refractivity contribution in [2.75, 3.05) is 6.54 Å². The molecule has 0 unspecified atom stereocenters. The van der Waals surface area contributed by atoms with Gasteiger partial charge in [-0.25, -0.2) is 0 Å². The maximum Gasteiger partial charge on any atom is 0.266 e. The maximum atomic E-state index is 12.3. The fraction of sp³-hybridized carbons (Fsp3) is 0.333. The molecule has 2 heterocycles. The van der Waals surface area contributed by atoms with Gasteiger partial charge in [-0.3, -0.25) is 14.7 Å². The molecule has 1 aliphatic heterocycles. The molecule has 0 aromatic carbocycles. The number of rotatable bonds is 7. The van der Waals surface area contributed by atoms with Crippen LogP contribution in [0.25, 0.3) is 6.08 Å². The van der Waals surface area contributed by atoms with Crippen molar-refractivity contribution in [2.24, 2.45) is 0 Å². The van der Waals surface area contributed by atoms with Crippen molar-refractivity contribution in [1.29, 1.82) is 0 Å². The number of unbranched alkanes of at least 4 members (excludes halogenated alkanes) is 2. The van der Waals surface area contributed by atoms with Gasteiger partial charge in [-0.05, 0) is 37.5 Å². The highest BCUT2D eigenvalue weighted by atomic mass is 32.2. The highest BCUT2D eigenvalue weighted by Crippen LogP contribution is 2.32. The predicted molar refractivity (Wildman–Crippen MR) is 87.6 cm³/mol. The lowest BCUT2D eigenvalue weighted by molar-refractivity contribution is -0.305. The maximum absolute atomic E-state index is 12.3. The monoisotopic (exact) mass is 335 g/mol. The molecule has 0 aliphatic carbocycles. The molecule has 0 bridgehead atoms. The van der Waals surface area contributed by atoms with E-state index in [-0.39, 0.29) is 12.3 Å². The molecule has 1 aromatic rings. The highest BCUT2D eigenvalue weighted by Gasteiger charge is 2.31. The standard InChI is InChI=1S/C15H16N2O3S2/c18-13(19)7-2-1-5-9-17-14(20)12(22-15(17)21)10-11-6-3-4-8-16-11/h3-4,6,8,10H,1-2,5,7,9H2,(H,18,19)/p-1. The van der Waals surface area contributed by atoms with Crippen molar-refractivity contribution >= 4 is 46.3 Å². The molecule has 7 heteroatoms. The number of carbonyl (C=O) groups is 2. The Morgan fingerprint density at radius 2 is 2.18 bits per heavy atom. The zero-order valence-electron chi connectivity index (χ0n) is 11.9. The van der Waals surface area contributed by atoms with E-state index in [0.29, 0.717) is 22.2 Å². The molecule has 0 spiro atoms. The van der Waals surface area contributed by atoms with Crippen LogP contribution in [0, 0.1) is 0 Å². The number of carbonyl (C=O) groups excluding carboxylic acids is 2. The highest BCUT2D eigenvalue weighted by molar-refractivity contribution is 8.26. The van der Waals surface area contributed by atoms with Gasteiger partial charge in [-0.15, -0.1) is 0 Å². The number of thioether (sulfide) groups is 1. The molecule has 1 amide bonds. The lowest BCUT2D eigenvalue weighted by Gasteiger charge is -2.14. The van der Waals surface area contributed by atoms with Crippen molar-refractivity contribution in [3.63, 3.8) is 0 Å². The summed E-state index contributed by atoms with van der Waals surface area (Å²) in [5.41, 5.74) is 0.719. The summed E-state index contributed by atoms with van der Waals surface area (Å²) in [6, 6.07) is 5.50. The molecular weight excluding hydrogens is 320 g/mol. The van der Waals surface area contributed by atoms with Crippen LogP contribution < -0.4 is 5.11 Å². The number of pyridine rings is 1. The lowest BCUT2D eigenvalue weighted by atomic mass is 10.2. The molecule has 1 aromatic heterocycles. The summed E-state index contributed by atoms with van der Waals surface area (Å²) in [7, 11) is 0. The Hall–Kier alpha value is -1.73. The number of amides is 1. The zero-order valence-corrected chi connectivity index (χ0v) is 13.5. The van der Waals surface area contributed by atoms with Gasteiger partial charge in [0.25, 0.3) is 5.91 Å². The number of aliphatic carboxylic acids is 1. The van der Waals surface area contributed by atoms with Gasteiger partial charge in [0.05, 0.1) is 10.6 Å². The molecular formula is C15H15N2O3S2-. The van der Waals surface area contributed by atoms with Gasteiger partial charge in [-0.1, -0.05) is 36.5 Å². The number of carboxylic acid groups (broad SMARTS) is 1. The molecule has 2 rings (SSSR count). The largest absolute Gasteiger partial charge is 0.550 e. The van der Waals surface area contributed by atoms with Crippen LogP contribution >= 0.6 is 24.0 Å². The fourth-order valence-corrected chi connectivity index (χ4v) is 3.30. The molecule has 0 radical (unpaired) electrons. The van der Waals surface area contributed by atoms with Crippen molar-refractivity contribution in [3.05, 3.63) is 35.0 Å². The smallest absolute Gasteiger partial charge is 0.266 e. The summed E-state index contributed by atoms with van der Waals surface area (Å²) in [6.45, 7) is 0.511. The van der Waals surface area contributed by atoms with Gasteiger partial charge in [0.15, 0.2) is 0 Å². The Morgan fingerprint density at radius 3 is 2.86 bits per heavy atom. The van der Waals surface area contributed by atoms with E-state index in [1.54, 1.807) is 17.2 Å². The molecule has 0 N–H and O–H groups in total. The Bertz CT molecular complexity index is 602. The number of hydrogen-bond acceptors (Lipinski definition) is 6. The second-order valence-corrected chi connectivity index (χ2v) is 6.45. The summed E-state index contributed by atoms with van der Waals surface area (Å²) in [6.07, 6.45) is 5.46. The molecule has 116 valence electrons. The number of nitrogens with zero attached hydrogens (tertiary/aromatic N) is 2. The van der Waals surface area contributed by atoms with Crippen LogP contribution in [-0.2, 0) is 9.59 Å². The summed E-state index contributed by atoms with van der Waals surface area (Å²) >= 11 is 6.50. The molecule has 0 atom stereocenters. The van der Waals surface area contributed by atoms with E-state index in [1.807, 2.05) is 18.2 Å². The van der Waals surface area contributed by atoms with E-state index in [2.05, 4.69) is 4.98 Å². The second-order valence-electron chi connectivity index (χ2n) is 4.77. The van der Waals surface area contributed by atoms with Gasteiger partial charge in [0.2, 0.25) is 0 Å². The third kappa shape index (κ3) is 4.64. The van der Waals surface area contributed by atoms with Crippen LogP contribution in [0.5, 0.6) is 0 Å². The number of aromatic nitrogens is 1. The molecule has 0 saturated carbocycles. The van der Waals surface area contributed by atoms with Crippen molar-refractivity contribution in [2.45, 2.75) is 25.7 Å². The molecule has 5 nitrogen and oxygen atoms in total. The van der Waals surface area contributed by atoms with Crippen molar-refractivity contribution in [1.82, 2.24) is 9.88 Å². The first kappa shape index (κ1) is 16.6. The molecule has 1 fully saturated rings. The Labute approximate surface area is 138 Å².